The van der Waals surface area contributed by atoms with Gasteiger partial charge in [0.05, 0.1) is 10.6 Å². The fourth-order valence-corrected chi connectivity index (χ4v) is 4.12. The van der Waals surface area contributed by atoms with Crippen molar-refractivity contribution in [2.24, 2.45) is 0 Å². The Morgan fingerprint density at radius 2 is 1.84 bits per heavy atom. The summed E-state index contributed by atoms with van der Waals surface area (Å²) < 4.78 is 11.1. The zero-order valence-electron chi connectivity index (χ0n) is 17.7. The molecule has 0 fully saturated rings. The molecule has 1 amide bonds. The molecule has 1 N–H and O–H groups in total. The van der Waals surface area contributed by atoms with Gasteiger partial charge >= 0.3 is 5.63 Å². The maximum atomic E-state index is 12.5. The smallest absolute Gasteiger partial charge is 0.336 e. The Hall–Kier alpha value is -3.78. The van der Waals surface area contributed by atoms with Crippen LogP contribution in [0.1, 0.15) is 43.8 Å². The van der Waals surface area contributed by atoms with E-state index in [1.54, 1.807) is 37.3 Å². The standard InChI is InChI=1S/C24H20N2O5S/c1-13-10-21(28)31-20-11-18(8-9-19(13)20)30-12-16-4-6-17(7-5-16)23(29)26-24-25-14(2)22(32-24)15(3)27/h4-11H,12H2,1-3H3,(H,25,26,29). The minimum absolute atomic E-state index is 0.0754. The second-order valence-electron chi connectivity index (χ2n) is 7.34. The molecule has 0 saturated heterocycles. The second-order valence-corrected chi connectivity index (χ2v) is 8.33. The third-order valence-electron chi connectivity index (χ3n) is 4.88. The highest BCUT2D eigenvalue weighted by Gasteiger charge is 2.14. The number of anilines is 1. The van der Waals surface area contributed by atoms with Gasteiger partial charge in [-0.3, -0.25) is 14.9 Å². The fraction of sp³-hybridized carbons (Fsp3) is 0.167. The molecule has 2 aromatic heterocycles. The van der Waals surface area contributed by atoms with E-state index < -0.39 is 5.63 Å². The van der Waals surface area contributed by atoms with Gasteiger partial charge in [-0.25, -0.2) is 9.78 Å². The molecule has 162 valence electrons. The third kappa shape index (κ3) is 4.60. The highest BCUT2D eigenvalue weighted by atomic mass is 32.1. The lowest BCUT2D eigenvalue weighted by atomic mass is 10.1. The van der Waals surface area contributed by atoms with E-state index in [9.17, 15) is 14.4 Å². The molecule has 0 radical (unpaired) electrons. The average molecular weight is 449 g/mol. The topological polar surface area (TPSA) is 98.5 Å². The molecule has 0 aliphatic carbocycles. The summed E-state index contributed by atoms with van der Waals surface area (Å²) in [7, 11) is 0. The van der Waals surface area contributed by atoms with Crippen LogP contribution < -0.4 is 15.7 Å². The molecule has 2 heterocycles. The molecule has 0 aliphatic heterocycles. The lowest BCUT2D eigenvalue weighted by molar-refractivity contribution is 0.101. The first-order chi connectivity index (χ1) is 15.3. The number of nitrogens with zero attached hydrogens (tertiary/aromatic N) is 1. The van der Waals surface area contributed by atoms with Crippen molar-refractivity contribution in [1.82, 2.24) is 4.98 Å². The van der Waals surface area contributed by atoms with Gasteiger partial charge in [-0.2, -0.15) is 0 Å². The molecule has 0 unspecified atom stereocenters. The Morgan fingerprint density at radius 1 is 1.09 bits per heavy atom. The molecule has 0 saturated carbocycles. The zero-order valence-corrected chi connectivity index (χ0v) is 18.5. The molecule has 0 aliphatic rings. The van der Waals surface area contributed by atoms with Gasteiger partial charge in [-0.1, -0.05) is 23.5 Å². The number of benzene rings is 2. The van der Waals surface area contributed by atoms with Crippen molar-refractivity contribution in [3.8, 4) is 5.75 Å². The molecule has 4 rings (SSSR count). The van der Waals surface area contributed by atoms with Crippen molar-refractivity contribution in [2.75, 3.05) is 5.32 Å². The number of thiazole rings is 1. The van der Waals surface area contributed by atoms with Crippen LogP contribution in [0.4, 0.5) is 5.13 Å². The summed E-state index contributed by atoms with van der Waals surface area (Å²) in [5.74, 6) is 0.197. The Morgan fingerprint density at radius 3 is 2.53 bits per heavy atom. The normalized spacial score (nSPS) is 10.8. The van der Waals surface area contributed by atoms with Gasteiger partial charge in [-0.15, -0.1) is 0 Å². The second kappa shape index (κ2) is 8.76. The van der Waals surface area contributed by atoms with Gasteiger partial charge in [0.1, 0.15) is 17.9 Å². The predicted octanol–water partition coefficient (Wildman–Crippen LogP) is 4.90. The highest BCUT2D eigenvalue weighted by molar-refractivity contribution is 7.17. The van der Waals surface area contributed by atoms with Crippen LogP contribution >= 0.6 is 11.3 Å². The van der Waals surface area contributed by atoms with Crippen LogP contribution in [0.3, 0.4) is 0 Å². The highest BCUT2D eigenvalue weighted by Crippen LogP contribution is 2.24. The summed E-state index contributed by atoms with van der Waals surface area (Å²) in [5.41, 5.74) is 2.87. The Bertz CT molecular complexity index is 1390. The predicted molar refractivity (Wildman–Crippen MR) is 123 cm³/mol. The number of amides is 1. The molecule has 8 heteroatoms. The number of hydrogen-bond donors (Lipinski definition) is 1. The van der Waals surface area contributed by atoms with E-state index >= 15 is 0 Å². The number of nitrogens with one attached hydrogen (secondary N) is 1. The van der Waals surface area contributed by atoms with E-state index in [1.165, 1.54) is 13.0 Å². The van der Waals surface area contributed by atoms with Crippen molar-refractivity contribution in [3.05, 3.63) is 86.2 Å². The number of ether oxygens (including phenoxy) is 1. The van der Waals surface area contributed by atoms with Crippen LogP contribution in [0.25, 0.3) is 11.0 Å². The van der Waals surface area contributed by atoms with Crippen molar-refractivity contribution < 1.29 is 18.7 Å². The van der Waals surface area contributed by atoms with Gasteiger partial charge in [0.25, 0.3) is 5.91 Å². The number of aromatic nitrogens is 1. The molecular formula is C24H20N2O5S. The van der Waals surface area contributed by atoms with Crippen molar-refractivity contribution >= 4 is 39.1 Å². The van der Waals surface area contributed by atoms with Crippen molar-refractivity contribution in [1.29, 1.82) is 0 Å². The summed E-state index contributed by atoms with van der Waals surface area (Å²) >= 11 is 1.16. The van der Waals surface area contributed by atoms with E-state index in [0.29, 0.717) is 32.6 Å². The largest absolute Gasteiger partial charge is 0.489 e. The Balaban J connectivity index is 1.41. The molecule has 7 nitrogen and oxygen atoms in total. The number of hydrogen-bond acceptors (Lipinski definition) is 7. The number of carbonyl (C=O) groups is 2. The first-order valence-electron chi connectivity index (χ1n) is 9.86. The van der Waals surface area contributed by atoms with E-state index in [-0.39, 0.29) is 18.3 Å². The van der Waals surface area contributed by atoms with E-state index in [4.69, 9.17) is 9.15 Å². The number of fused-ring (bicyclic) bond motifs is 1. The number of rotatable bonds is 6. The SMILES string of the molecule is CC(=O)c1sc(NC(=O)c2ccc(COc3ccc4c(C)cc(=O)oc4c3)cc2)nc1C. The Kier molecular flexibility index (Phi) is 5.87. The molecule has 0 atom stereocenters. The number of ketones is 1. The van der Waals surface area contributed by atoms with E-state index in [0.717, 1.165) is 27.8 Å². The summed E-state index contributed by atoms with van der Waals surface area (Å²) in [6.45, 7) is 5.36. The van der Waals surface area contributed by atoms with Gasteiger partial charge < -0.3 is 9.15 Å². The van der Waals surface area contributed by atoms with Gasteiger partial charge in [0, 0.05) is 30.0 Å². The van der Waals surface area contributed by atoms with Gasteiger partial charge in [-0.05, 0) is 49.2 Å². The lowest BCUT2D eigenvalue weighted by Crippen LogP contribution is -2.11. The van der Waals surface area contributed by atoms with Crippen LogP contribution in [0.2, 0.25) is 0 Å². The zero-order chi connectivity index (χ0) is 22.8. The molecular weight excluding hydrogens is 428 g/mol. The summed E-state index contributed by atoms with van der Waals surface area (Å²) in [6.07, 6.45) is 0. The molecule has 4 aromatic rings. The minimum atomic E-state index is -0.397. The summed E-state index contributed by atoms with van der Waals surface area (Å²) in [4.78, 5) is 40.4. The summed E-state index contributed by atoms with van der Waals surface area (Å²) in [5, 5.41) is 3.98. The van der Waals surface area contributed by atoms with Gasteiger partial charge in [0.2, 0.25) is 0 Å². The molecule has 0 bridgehead atoms. The third-order valence-corrected chi connectivity index (χ3v) is 6.05. The first-order valence-corrected chi connectivity index (χ1v) is 10.7. The lowest BCUT2D eigenvalue weighted by Gasteiger charge is -2.08. The quantitative estimate of drug-likeness (QED) is 0.333. The minimum Gasteiger partial charge on any atom is -0.489 e. The van der Waals surface area contributed by atoms with E-state index in [1.807, 2.05) is 19.1 Å². The number of aryl methyl sites for hydroxylation is 2. The maximum absolute atomic E-state index is 12.5. The molecule has 0 spiro atoms. The fourth-order valence-electron chi connectivity index (χ4n) is 3.26. The van der Waals surface area contributed by atoms with Crippen molar-refractivity contribution in [2.45, 2.75) is 27.4 Å². The first kappa shape index (κ1) is 21.5. The van der Waals surface area contributed by atoms with Crippen molar-refractivity contribution in [3.63, 3.8) is 0 Å². The average Bonchev–Trinajstić information content (AvgIpc) is 3.12. The van der Waals surface area contributed by atoms with Gasteiger partial charge in [0.15, 0.2) is 10.9 Å². The van der Waals surface area contributed by atoms with Crippen LogP contribution in [0.5, 0.6) is 5.75 Å². The number of Topliss-reactive ketones (excluding diaryl/α,β-unsaturated/α-hetero) is 1. The van der Waals surface area contributed by atoms with Crippen LogP contribution in [0, 0.1) is 13.8 Å². The van der Waals surface area contributed by atoms with Crippen LogP contribution in [0.15, 0.2) is 57.7 Å². The monoisotopic (exact) mass is 448 g/mol. The Labute approximate surface area is 187 Å². The summed E-state index contributed by atoms with van der Waals surface area (Å²) in [6, 6.07) is 13.8. The molecule has 32 heavy (non-hydrogen) atoms. The maximum Gasteiger partial charge on any atom is 0.336 e. The van der Waals surface area contributed by atoms with Crippen LogP contribution in [-0.2, 0) is 6.61 Å². The number of carbonyl (C=O) groups excluding carboxylic acids is 2. The molecule has 2 aromatic carbocycles. The van der Waals surface area contributed by atoms with E-state index in [2.05, 4.69) is 10.3 Å². The van der Waals surface area contributed by atoms with Crippen LogP contribution in [-0.4, -0.2) is 16.7 Å².